The van der Waals surface area contributed by atoms with Gasteiger partial charge in [-0.15, -0.1) is 11.8 Å². The summed E-state index contributed by atoms with van der Waals surface area (Å²) in [7, 11) is 3.07. The van der Waals surface area contributed by atoms with Gasteiger partial charge in [-0.05, 0) is 37.3 Å². The predicted octanol–water partition coefficient (Wildman–Crippen LogP) is 4.62. The second-order valence-corrected chi connectivity index (χ2v) is 6.72. The van der Waals surface area contributed by atoms with Gasteiger partial charge in [-0.1, -0.05) is 11.6 Å². The van der Waals surface area contributed by atoms with Crippen LogP contribution in [0.25, 0.3) is 0 Å². The Balaban J connectivity index is 2.04. The summed E-state index contributed by atoms with van der Waals surface area (Å²) >= 11 is 7.05. The number of amides is 1. The van der Waals surface area contributed by atoms with Gasteiger partial charge in [0.05, 0.1) is 24.5 Å². The van der Waals surface area contributed by atoms with Gasteiger partial charge in [-0.3, -0.25) is 4.79 Å². The van der Waals surface area contributed by atoms with Crippen LogP contribution in [0.15, 0.2) is 41.3 Å². The van der Waals surface area contributed by atoms with Gasteiger partial charge in [0.2, 0.25) is 5.91 Å². The highest BCUT2D eigenvalue weighted by Gasteiger charge is 2.16. The predicted molar refractivity (Wildman–Crippen MR) is 94.9 cm³/mol. The van der Waals surface area contributed by atoms with E-state index >= 15 is 0 Å². The van der Waals surface area contributed by atoms with Crippen molar-refractivity contribution in [1.82, 2.24) is 0 Å². The molecule has 1 atom stereocenters. The van der Waals surface area contributed by atoms with Crippen LogP contribution < -0.4 is 14.8 Å². The number of benzene rings is 2. The first-order valence-electron chi connectivity index (χ1n) is 7.09. The molecule has 1 N–H and O–H groups in total. The quantitative estimate of drug-likeness (QED) is 0.755. The molecule has 24 heavy (non-hydrogen) atoms. The van der Waals surface area contributed by atoms with Crippen LogP contribution >= 0.6 is 23.4 Å². The molecule has 2 aromatic rings. The lowest BCUT2D eigenvalue weighted by Gasteiger charge is -2.14. The molecule has 4 nitrogen and oxygen atoms in total. The lowest BCUT2D eigenvalue weighted by molar-refractivity contribution is -0.115. The Hall–Kier alpha value is -1.92. The number of carbonyl (C=O) groups excluding carboxylic acids is 1. The Morgan fingerprint density at radius 1 is 1.17 bits per heavy atom. The van der Waals surface area contributed by atoms with Crippen LogP contribution in [0.1, 0.15) is 6.92 Å². The number of ether oxygens (including phenoxy) is 2. The summed E-state index contributed by atoms with van der Waals surface area (Å²) in [5.74, 6) is 0.441. The monoisotopic (exact) mass is 369 g/mol. The number of hydrogen-bond acceptors (Lipinski definition) is 4. The second-order valence-electron chi connectivity index (χ2n) is 4.90. The molecule has 0 aliphatic rings. The maximum Gasteiger partial charge on any atom is 0.237 e. The summed E-state index contributed by atoms with van der Waals surface area (Å²) in [5, 5.41) is 2.46. The van der Waals surface area contributed by atoms with Gasteiger partial charge < -0.3 is 14.8 Å². The van der Waals surface area contributed by atoms with E-state index in [0.717, 1.165) is 4.90 Å². The smallest absolute Gasteiger partial charge is 0.237 e. The molecule has 0 unspecified atom stereocenters. The minimum absolute atomic E-state index is 0.0347. The van der Waals surface area contributed by atoms with Crippen LogP contribution in [0.4, 0.5) is 10.1 Å². The number of halogens is 2. The zero-order valence-electron chi connectivity index (χ0n) is 13.4. The molecule has 2 aromatic carbocycles. The average molecular weight is 370 g/mol. The van der Waals surface area contributed by atoms with E-state index in [9.17, 15) is 9.18 Å². The third kappa shape index (κ3) is 4.55. The lowest BCUT2D eigenvalue weighted by atomic mass is 10.2. The topological polar surface area (TPSA) is 47.6 Å². The molecule has 1 amide bonds. The zero-order valence-corrected chi connectivity index (χ0v) is 15.0. The largest absolute Gasteiger partial charge is 0.493 e. The van der Waals surface area contributed by atoms with Gasteiger partial charge in [0.25, 0.3) is 0 Å². The molecule has 0 radical (unpaired) electrons. The molecule has 7 heteroatoms. The Morgan fingerprint density at radius 3 is 2.50 bits per heavy atom. The van der Waals surface area contributed by atoms with Crippen molar-refractivity contribution in [2.45, 2.75) is 17.1 Å². The Bertz CT molecular complexity index is 742. The third-order valence-electron chi connectivity index (χ3n) is 3.22. The lowest BCUT2D eigenvalue weighted by Crippen LogP contribution is -2.22. The highest BCUT2D eigenvalue weighted by Crippen LogP contribution is 2.31. The van der Waals surface area contributed by atoms with Crippen molar-refractivity contribution >= 4 is 35.0 Å². The Kier molecular flexibility index (Phi) is 6.34. The summed E-state index contributed by atoms with van der Waals surface area (Å²) in [4.78, 5) is 13.0. The summed E-state index contributed by atoms with van der Waals surface area (Å²) in [5.41, 5.74) is 0.599. The summed E-state index contributed by atoms with van der Waals surface area (Å²) in [6, 6.07) is 9.50. The van der Waals surface area contributed by atoms with E-state index in [1.54, 1.807) is 38.3 Å². The van der Waals surface area contributed by atoms with Crippen LogP contribution in [0.5, 0.6) is 11.5 Å². The minimum atomic E-state index is -0.483. The maximum absolute atomic E-state index is 13.2. The molecule has 0 aliphatic carbocycles. The Labute approximate surface area is 149 Å². The van der Waals surface area contributed by atoms with Crippen LogP contribution in [-0.4, -0.2) is 25.4 Å². The number of methoxy groups -OCH3 is 2. The van der Waals surface area contributed by atoms with Crippen LogP contribution in [0.2, 0.25) is 5.02 Å². The number of carbonyl (C=O) groups is 1. The molecule has 128 valence electrons. The summed E-state index contributed by atoms with van der Waals surface area (Å²) in [6.07, 6.45) is 0. The van der Waals surface area contributed by atoms with Crippen molar-refractivity contribution in [3.05, 3.63) is 47.2 Å². The minimum Gasteiger partial charge on any atom is -0.493 e. The normalized spacial score (nSPS) is 11.7. The number of hydrogen-bond donors (Lipinski definition) is 1. The van der Waals surface area contributed by atoms with Gasteiger partial charge in [-0.25, -0.2) is 4.39 Å². The van der Waals surface area contributed by atoms with Crippen molar-refractivity contribution in [2.24, 2.45) is 0 Å². The van der Waals surface area contributed by atoms with E-state index < -0.39 is 5.82 Å². The highest BCUT2D eigenvalue weighted by atomic mass is 35.5. The van der Waals surface area contributed by atoms with Crippen LogP contribution in [0.3, 0.4) is 0 Å². The van der Waals surface area contributed by atoms with Crippen LogP contribution in [-0.2, 0) is 4.79 Å². The van der Waals surface area contributed by atoms with Gasteiger partial charge >= 0.3 is 0 Å². The van der Waals surface area contributed by atoms with E-state index in [0.29, 0.717) is 17.2 Å². The first kappa shape index (κ1) is 18.4. The van der Waals surface area contributed by atoms with E-state index in [1.807, 2.05) is 0 Å². The van der Waals surface area contributed by atoms with Gasteiger partial charge in [-0.2, -0.15) is 0 Å². The molecule has 0 saturated heterocycles. The van der Waals surface area contributed by atoms with E-state index in [-0.39, 0.29) is 16.2 Å². The number of nitrogens with one attached hydrogen (secondary N) is 1. The van der Waals surface area contributed by atoms with Gasteiger partial charge in [0, 0.05) is 16.6 Å². The summed E-state index contributed by atoms with van der Waals surface area (Å²) < 4.78 is 23.5. The first-order chi connectivity index (χ1) is 11.4. The van der Waals surface area contributed by atoms with E-state index in [4.69, 9.17) is 21.1 Å². The zero-order chi connectivity index (χ0) is 17.7. The molecule has 0 aliphatic heterocycles. The second kappa shape index (κ2) is 8.26. The van der Waals surface area contributed by atoms with Crippen molar-refractivity contribution in [2.75, 3.05) is 19.5 Å². The fraction of sp³-hybridized carbons (Fsp3) is 0.235. The average Bonchev–Trinajstić information content (AvgIpc) is 2.57. The molecule has 0 heterocycles. The fourth-order valence-electron chi connectivity index (χ4n) is 1.97. The fourth-order valence-corrected chi connectivity index (χ4v) is 3.12. The van der Waals surface area contributed by atoms with Crippen LogP contribution in [0, 0.1) is 5.82 Å². The molecular formula is C17H17ClFNO3S. The number of anilines is 1. The van der Waals surface area contributed by atoms with Gasteiger partial charge in [0.15, 0.2) is 11.5 Å². The molecule has 0 aromatic heterocycles. The molecule has 0 bridgehead atoms. The maximum atomic E-state index is 13.2. The van der Waals surface area contributed by atoms with Crippen molar-refractivity contribution in [1.29, 1.82) is 0 Å². The molecular weight excluding hydrogens is 353 g/mol. The van der Waals surface area contributed by atoms with Crippen molar-refractivity contribution in [3.8, 4) is 11.5 Å². The van der Waals surface area contributed by atoms with Gasteiger partial charge in [0.1, 0.15) is 5.82 Å². The van der Waals surface area contributed by atoms with E-state index in [1.165, 1.54) is 31.0 Å². The first-order valence-corrected chi connectivity index (χ1v) is 8.35. The third-order valence-corrected chi connectivity index (χ3v) is 4.61. The van der Waals surface area contributed by atoms with Crippen molar-refractivity contribution in [3.63, 3.8) is 0 Å². The Morgan fingerprint density at radius 2 is 1.88 bits per heavy atom. The van der Waals surface area contributed by atoms with E-state index in [2.05, 4.69) is 5.32 Å². The number of thioether (sulfide) groups is 1. The molecule has 0 saturated carbocycles. The summed E-state index contributed by atoms with van der Waals surface area (Å²) in [6.45, 7) is 1.76. The SMILES string of the molecule is COc1ccc(NC(=O)[C@H](C)Sc2ccc(F)c(Cl)c2)cc1OC. The van der Waals surface area contributed by atoms with Crippen molar-refractivity contribution < 1.29 is 18.7 Å². The molecule has 0 fully saturated rings. The number of rotatable bonds is 6. The molecule has 0 spiro atoms. The highest BCUT2D eigenvalue weighted by molar-refractivity contribution is 8.00. The standard InChI is InChI=1S/C17H17ClFNO3S/c1-10(24-12-5-6-14(19)13(18)9-12)17(21)20-11-4-7-15(22-2)16(8-11)23-3/h4-10H,1-3H3,(H,20,21)/t10-/m0/s1. The molecule has 2 rings (SSSR count).